The molecule has 0 radical (unpaired) electrons. The number of hydrogen-bond acceptors (Lipinski definition) is 4. The second-order valence-electron chi connectivity index (χ2n) is 3.59. The van der Waals surface area contributed by atoms with Crippen molar-refractivity contribution in [2.24, 2.45) is 7.05 Å². The lowest BCUT2D eigenvalue weighted by Gasteiger charge is -2.07. The number of aromatic carboxylic acids is 1. The van der Waals surface area contributed by atoms with Crippen LogP contribution in [0.15, 0.2) is 24.4 Å². The molecule has 0 unspecified atom stereocenters. The third-order valence-electron chi connectivity index (χ3n) is 2.21. The number of aromatic nitrogens is 3. The first-order chi connectivity index (χ1) is 8.58. The van der Waals surface area contributed by atoms with Crippen LogP contribution in [0.4, 0.5) is 4.39 Å². The topological polar surface area (TPSA) is 77.2 Å². The molecule has 0 spiro atoms. The van der Waals surface area contributed by atoms with Crippen LogP contribution in [0, 0.1) is 5.82 Å². The number of carboxylic acids is 1. The molecule has 0 saturated heterocycles. The van der Waals surface area contributed by atoms with Crippen molar-refractivity contribution in [3.8, 4) is 5.75 Å². The summed E-state index contributed by atoms with van der Waals surface area (Å²) >= 11 is 0. The minimum atomic E-state index is -1.37. The number of ether oxygens (including phenoxy) is 1. The number of aryl methyl sites for hydroxylation is 1. The van der Waals surface area contributed by atoms with Crippen LogP contribution in [0.25, 0.3) is 0 Å². The van der Waals surface area contributed by atoms with Gasteiger partial charge < -0.3 is 9.84 Å². The van der Waals surface area contributed by atoms with E-state index in [2.05, 4.69) is 10.3 Å². The number of halogens is 1. The average molecular weight is 251 g/mol. The molecule has 94 valence electrons. The van der Waals surface area contributed by atoms with E-state index in [4.69, 9.17) is 9.84 Å². The molecule has 0 aliphatic heterocycles. The van der Waals surface area contributed by atoms with Crippen molar-refractivity contribution >= 4 is 5.97 Å². The quantitative estimate of drug-likeness (QED) is 0.884. The predicted octanol–water partition coefficient (Wildman–Crippen LogP) is 1.23. The van der Waals surface area contributed by atoms with E-state index in [9.17, 15) is 9.18 Å². The number of nitrogens with zero attached hydrogens (tertiary/aromatic N) is 3. The number of rotatable bonds is 4. The van der Waals surface area contributed by atoms with Gasteiger partial charge in [-0.2, -0.15) is 0 Å². The molecule has 2 aromatic rings. The summed E-state index contributed by atoms with van der Waals surface area (Å²) in [4.78, 5) is 10.9. The van der Waals surface area contributed by atoms with Gasteiger partial charge in [-0.25, -0.2) is 9.18 Å². The van der Waals surface area contributed by atoms with Crippen molar-refractivity contribution in [2.75, 3.05) is 0 Å². The summed E-state index contributed by atoms with van der Waals surface area (Å²) < 4.78 is 20.1. The summed E-state index contributed by atoms with van der Waals surface area (Å²) in [5.41, 5.74) is 0.0412. The highest BCUT2D eigenvalue weighted by Crippen LogP contribution is 2.22. The monoisotopic (exact) mass is 251 g/mol. The van der Waals surface area contributed by atoms with Crippen LogP contribution in [-0.2, 0) is 13.7 Å². The molecule has 1 heterocycles. The Morgan fingerprint density at radius 2 is 2.33 bits per heavy atom. The molecule has 0 saturated carbocycles. The zero-order valence-electron chi connectivity index (χ0n) is 9.50. The fourth-order valence-electron chi connectivity index (χ4n) is 1.45. The van der Waals surface area contributed by atoms with E-state index in [-0.39, 0.29) is 12.4 Å². The number of carboxylic acid groups (broad SMARTS) is 1. The molecule has 6 nitrogen and oxygen atoms in total. The van der Waals surface area contributed by atoms with Gasteiger partial charge >= 0.3 is 5.97 Å². The average Bonchev–Trinajstić information content (AvgIpc) is 2.72. The van der Waals surface area contributed by atoms with E-state index < -0.39 is 17.3 Å². The molecular weight excluding hydrogens is 241 g/mol. The Bertz CT molecular complexity index is 583. The molecular formula is C11H10FN3O3. The van der Waals surface area contributed by atoms with Crippen LogP contribution in [0.1, 0.15) is 16.1 Å². The van der Waals surface area contributed by atoms with Gasteiger partial charge in [0.05, 0.1) is 6.20 Å². The van der Waals surface area contributed by atoms with Gasteiger partial charge in [0, 0.05) is 7.05 Å². The maximum atomic E-state index is 13.3. The Kier molecular flexibility index (Phi) is 3.22. The van der Waals surface area contributed by atoms with Crippen LogP contribution in [0.2, 0.25) is 0 Å². The predicted molar refractivity (Wildman–Crippen MR) is 58.7 cm³/mol. The Hall–Kier alpha value is -2.44. The Balaban J connectivity index is 2.19. The molecule has 7 heteroatoms. The van der Waals surface area contributed by atoms with Crippen molar-refractivity contribution in [3.63, 3.8) is 0 Å². The van der Waals surface area contributed by atoms with Crippen LogP contribution >= 0.6 is 0 Å². The molecule has 1 N–H and O–H groups in total. The second-order valence-corrected chi connectivity index (χ2v) is 3.59. The number of hydrogen-bond donors (Lipinski definition) is 1. The highest BCUT2D eigenvalue weighted by molar-refractivity contribution is 5.91. The zero-order valence-corrected chi connectivity index (χ0v) is 9.50. The van der Waals surface area contributed by atoms with Gasteiger partial charge in [-0.1, -0.05) is 11.3 Å². The van der Waals surface area contributed by atoms with Gasteiger partial charge in [0.15, 0.2) is 0 Å². The van der Waals surface area contributed by atoms with Crippen LogP contribution in [-0.4, -0.2) is 26.1 Å². The molecule has 0 bridgehead atoms. The van der Waals surface area contributed by atoms with Gasteiger partial charge in [-0.15, -0.1) is 5.10 Å². The van der Waals surface area contributed by atoms with Crippen molar-refractivity contribution in [1.29, 1.82) is 0 Å². The maximum absolute atomic E-state index is 13.3. The van der Waals surface area contributed by atoms with Crippen LogP contribution < -0.4 is 4.74 Å². The van der Waals surface area contributed by atoms with E-state index in [1.54, 1.807) is 13.2 Å². The number of carbonyl (C=O) groups is 1. The lowest BCUT2D eigenvalue weighted by atomic mass is 10.2. The van der Waals surface area contributed by atoms with E-state index in [1.165, 1.54) is 16.8 Å². The molecule has 1 aromatic heterocycles. The lowest BCUT2D eigenvalue weighted by molar-refractivity contribution is 0.0686. The molecule has 18 heavy (non-hydrogen) atoms. The number of benzene rings is 1. The van der Waals surface area contributed by atoms with Crippen LogP contribution in [0.3, 0.4) is 0 Å². The Labute approximate surface area is 102 Å². The minimum Gasteiger partial charge on any atom is -0.486 e. The third kappa shape index (κ3) is 2.45. The van der Waals surface area contributed by atoms with Crippen molar-refractivity contribution < 1.29 is 19.0 Å². The molecule has 0 aliphatic carbocycles. The smallest absolute Gasteiger partial charge is 0.342 e. The van der Waals surface area contributed by atoms with Gasteiger partial charge in [0.1, 0.15) is 29.4 Å². The Morgan fingerprint density at radius 3 is 2.94 bits per heavy atom. The normalized spacial score (nSPS) is 10.3. The summed E-state index contributed by atoms with van der Waals surface area (Å²) in [6, 6.07) is 3.84. The second kappa shape index (κ2) is 4.82. The molecule has 0 atom stereocenters. The third-order valence-corrected chi connectivity index (χ3v) is 2.21. The van der Waals surface area contributed by atoms with Crippen molar-refractivity contribution in [1.82, 2.24) is 15.0 Å². The summed E-state index contributed by atoms with van der Waals surface area (Å²) in [7, 11) is 1.70. The first-order valence-electron chi connectivity index (χ1n) is 5.07. The van der Waals surface area contributed by atoms with Gasteiger partial charge in [-0.3, -0.25) is 4.68 Å². The van der Waals surface area contributed by atoms with Gasteiger partial charge in [-0.05, 0) is 12.1 Å². The lowest BCUT2D eigenvalue weighted by Crippen LogP contribution is -2.06. The van der Waals surface area contributed by atoms with Gasteiger partial charge in [0.2, 0.25) is 0 Å². The standard InChI is InChI=1S/C11H10FN3O3/c1-15-5-7(13-14-15)6-18-9-4-2-3-8(12)10(9)11(16)17/h2-5H,6H2,1H3,(H,16,17). The molecule has 0 fully saturated rings. The van der Waals surface area contributed by atoms with Crippen molar-refractivity contribution in [3.05, 3.63) is 41.5 Å². The fraction of sp³-hybridized carbons (Fsp3) is 0.182. The summed E-state index contributed by atoms with van der Waals surface area (Å²) in [6.45, 7) is 0.0254. The maximum Gasteiger partial charge on any atom is 0.342 e. The van der Waals surface area contributed by atoms with E-state index in [0.717, 1.165) is 6.07 Å². The molecule has 2 rings (SSSR count). The first kappa shape index (κ1) is 12.0. The summed E-state index contributed by atoms with van der Waals surface area (Å²) in [6.07, 6.45) is 1.62. The summed E-state index contributed by atoms with van der Waals surface area (Å²) in [5, 5.41) is 16.4. The largest absolute Gasteiger partial charge is 0.486 e. The van der Waals surface area contributed by atoms with Crippen molar-refractivity contribution in [2.45, 2.75) is 6.61 Å². The highest BCUT2D eigenvalue weighted by atomic mass is 19.1. The minimum absolute atomic E-state index is 0.0254. The van der Waals surface area contributed by atoms with Gasteiger partial charge in [0.25, 0.3) is 0 Å². The Morgan fingerprint density at radius 1 is 1.56 bits per heavy atom. The van der Waals surface area contributed by atoms with Crippen LogP contribution in [0.5, 0.6) is 5.75 Å². The van der Waals surface area contributed by atoms with E-state index in [0.29, 0.717) is 5.69 Å². The SMILES string of the molecule is Cn1cc(COc2cccc(F)c2C(=O)O)nn1. The van der Waals surface area contributed by atoms with E-state index >= 15 is 0 Å². The highest BCUT2D eigenvalue weighted by Gasteiger charge is 2.17. The fourth-order valence-corrected chi connectivity index (χ4v) is 1.45. The molecule has 0 aliphatic rings. The molecule has 1 aromatic carbocycles. The van der Waals surface area contributed by atoms with E-state index in [1.807, 2.05) is 0 Å². The first-order valence-corrected chi connectivity index (χ1v) is 5.07. The summed E-state index contributed by atoms with van der Waals surface area (Å²) in [5.74, 6) is -2.24. The zero-order chi connectivity index (χ0) is 13.1. The molecule has 0 amide bonds.